The molecule has 2 aromatic heterocycles. The molecule has 2 heterocycles. The molecule has 5 nitrogen and oxygen atoms in total. The summed E-state index contributed by atoms with van der Waals surface area (Å²) in [4.78, 5) is 12.8. The van der Waals surface area contributed by atoms with Gasteiger partial charge in [0.2, 0.25) is 0 Å². The summed E-state index contributed by atoms with van der Waals surface area (Å²) < 4.78 is 5.83. The highest BCUT2D eigenvalue weighted by Crippen LogP contribution is 2.31. The molecular weight excluding hydrogens is 298 g/mol. The predicted octanol–water partition coefficient (Wildman–Crippen LogP) is 2.78. The summed E-state index contributed by atoms with van der Waals surface area (Å²) in [6, 6.07) is 5.45. The van der Waals surface area contributed by atoms with E-state index in [-0.39, 0.29) is 17.6 Å². The Hall–Kier alpha value is -1.37. The van der Waals surface area contributed by atoms with E-state index in [2.05, 4.69) is 15.8 Å². The minimum Gasteiger partial charge on any atom is -0.355 e. The maximum atomic E-state index is 11.9. The smallest absolute Gasteiger partial charge is 0.273 e. The van der Waals surface area contributed by atoms with Crippen LogP contribution in [0.15, 0.2) is 22.7 Å². The van der Waals surface area contributed by atoms with Gasteiger partial charge in [-0.15, -0.1) is 11.3 Å². The standard InChI is InChI=1S/C13H16ClN3O2S/c1-3-15-8(2)7-16-13(18)9-6-10(19-17-9)11-4-5-12(14)20-11/h4-6,8,15H,3,7H2,1-2H3,(H,16,18)/t8-/m1/s1. The normalized spacial score (nSPS) is 12.3. The summed E-state index contributed by atoms with van der Waals surface area (Å²) in [5.41, 5.74) is 0.272. The van der Waals surface area contributed by atoms with Gasteiger partial charge < -0.3 is 15.2 Å². The maximum Gasteiger partial charge on any atom is 0.273 e. The number of aromatic nitrogens is 1. The second-order valence-electron chi connectivity index (χ2n) is 4.35. The zero-order valence-electron chi connectivity index (χ0n) is 11.3. The minimum absolute atomic E-state index is 0.214. The third kappa shape index (κ3) is 3.82. The van der Waals surface area contributed by atoms with E-state index >= 15 is 0 Å². The zero-order valence-corrected chi connectivity index (χ0v) is 12.8. The zero-order chi connectivity index (χ0) is 14.5. The van der Waals surface area contributed by atoms with Crippen LogP contribution in [0.1, 0.15) is 24.3 Å². The molecule has 0 aliphatic carbocycles. The second kappa shape index (κ2) is 6.88. The fraction of sp³-hybridized carbons (Fsp3) is 0.385. The molecular formula is C13H16ClN3O2S. The fourth-order valence-corrected chi connectivity index (χ4v) is 2.69. The van der Waals surface area contributed by atoms with E-state index in [0.717, 1.165) is 11.4 Å². The Morgan fingerprint density at radius 1 is 1.55 bits per heavy atom. The Morgan fingerprint density at radius 3 is 3.00 bits per heavy atom. The number of hydrogen-bond acceptors (Lipinski definition) is 5. The SMILES string of the molecule is CCN[C@H](C)CNC(=O)c1cc(-c2ccc(Cl)s2)on1. The van der Waals surface area contributed by atoms with Crippen LogP contribution in [-0.4, -0.2) is 30.2 Å². The van der Waals surface area contributed by atoms with Crippen molar-refractivity contribution in [2.75, 3.05) is 13.1 Å². The van der Waals surface area contributed by atoms with Crippen LogP contribution < -0.4 is 10.6 Å². The van der Waals surface area contributed by atoms with Crippen LogP contribution in [0.2, 0.25) is 4.34 Å². The molecule has 0 aliphatic rings. The molecule has 0 aliphatic heterocycles. The molecule has 0 aromatic carbocycles. The van der Waals surface area contributed by atoms with Crippen LogP contribution in [0.5, 0.6) is 0 Å². The lowest BCUT2D eigenvalue weighted by Gasteiger charge is -2.12. The number of nitrogens with one attached hydrogen (secondary N) is 2. The highest BCUT2D eigenvalue weighted by Gasteiger charge is 2.15. The Labute approximate surface area is 126 Å². The van der Waals surface area contributed by atoms with Crippen LogP contribution >= 0.6 is 22.9 Å². The first-order valence-corrected chi connectivity index (χ1v) is 7.53. The van der Waals surface area contributed by atoms with E-state index in [9.17, 15) is 4.79 Å². The number of hydrogen-bond donors (Lipinski definition) is 2. The van der Waals surface area contributed by atoms with Gasteiger partial charge in [-0.25, -0.2) is 0 Å². The molecule has 2 rings (SSSR count). The summed E-state index contributed by atoms with van der Waals surface area (Å²) in [7, 11) is 0. The van der Waals surface area contributed by atoms with E-state index in [0.29, 0.717) is 16.6 Å². The van der Waals surface area contributed by atoms with E-state index < -0.39 is 0 Å². The van der Waals surface area contributed by atoms with Crippen molar-refractivity contribution in [1.29, 1.82) is 0 Å². The third-order valence-corrected chi connectivity index (χ3v) is 3.93. The summed E-state index contributed by atoms with van der Waals surface area (Å²) in [6.07, 6.45) is 0. The first-order valence-electron chi connectivity index (χ1n) is 6.34. The second-order valence-corrected chi connectivity index (χ2v) is 6.06. The van der Waals surface area contributed by atoms with Crippen molar-refractivity contribution in [2.24, 2.45) is 0 Å². The fourth-order valence-electron chi connectivity index (χ4n) is 1.70. The van der Waals surface area contributed by atoms with Gasteiger partial charge in [-0.3, -0.25) is 4.79 Å². The van der Waals surface area contributed by atoms with Gasteiger partial charge in [0.1, 0.15) is 0 Å². The van der Waals surface area contributed by atoms with Crippen molar-refractivity contribution in [3.8, 4) is 10.6 Å². The minimum atomic E-state index is -0.243. The van der Waals surface area contributed by atoms with Gasteiger partial charge in [-0.1, -0.05) is 23.7 Å². The van der Waals surface area contributed by atoms with Crippen molar-refractivity contribution in [2.45, 2.75) is 19.9 Å². The molecule has 7 heteroatoms. The Kier molecular flexibility index (Phi) is 5.17. The lowest BCUT2D eigenvalue weighted by Crippen LogP contribution is -2.38. The van der Waals surface area contributed by atoms with E-state index in [1.807, 2.05) is 19.9 Å². The Bertz CT molecular complexity index is 582. The molecule has 0 saturated heterocycles. The lowest BCUT2D eigenvalue weighted by molar-refractivity contribution is 0.0941. The van der Waals surface area contributed by atoms with Crippen molar-refractivity contribution >= 4 is 28.8 Å². The Morgan fingerprint density at radius 2 is 2.35 bits per heavy atom. The quantitative estimate of drug-likeness (QED) is 0.860. The molecule has 20 heavy (non-hydrogen) atoms. The molecule has 0 unspecified atom stereocenters. The number of halogens is 1. The van der Waals surface area contributed by atoms with Gasteiger partial charge in [0.05, 0.1) is 9.21 Å². The van der Waals surface area contributed by atoms with Gasteiger partial charge in [0, 0.05) is 18.7 Å². The monoisotopic (exact) mass is 313 g/mol. The molecule has 0 fully saturated rings. The third-order valence-electron chi connectivity index (χ3n) is 2.68. The number of thiophene rings is 1. The van der Waals surface area contributed by atoms with Crippen LogP contribution in [0.25, 0.3) is 10.6 Å². The average Bonchev–Trinajstić information content (AvgIpc) is 3.04. The first kappa shape index (κ1) is 15.0. The number of carbonyl (C=O) groups excluding carboxylic acids is 1. The molecule has 2 N–H and O–H groups in total. The number of nitrogens with zero attached hydrogens (tertiary/aromatic N) is 1. The van der Waals surface area contributed by atoms with Crippen LogP contribution in [-0.2, 0) is 0 Å². The van der Waals surface area contributed by atoms with Gasteiger partial charge in [-0.05, 0) is 25.6 Å². The predicted molar refractivity (Wildman–Crippen MR) is 80.3 cm³/mol. The van der Waals surface area contributed by atoms with Gasteiger partial charge >= 0.3 is 0 Å². The molecule has 2 aromatic rings. The van der Waals surface area contributed by atoms with Gasteiger partial charge in [0.25, 0.3) is 5.91 Å². The largest absolute Gasteiger partial charge is 0.355 e. The molecule has 108 valence electrons. The van der Waals surface area contributed by atoms with Crippen molar-refractivity contribution in [1.82, 2.24) is 15.8 Å². The van der Waals surface area contributed by atoms with E-state index in [4.69, 9.17) is 16.1 Å². The number of carbonyl (C=O) groups is 1. The molecule has 1 atom stereocenters. The summed E-state index contributed by atoms with van der Waals surface area (Å²) in [5, 5.41) is 9.80. The molecule has 0 radical (unpaired) electrons. The molecule has 0 saturated carbocycles. The highest BCUT2D eigenvalue weighted by molar-refractivity contribution is 7.19. The van der Waals surface area contributed by atoms with Crippen LogP contribution in [0.3, 0.4) is 0 Å². The lowest BCUT2D eigenvalue weighted by atomic mass is 10.3. The highest BCUT2D eigenvalue weighted by atomic mass is 35.5. The average molecular weight is 314 g/mol. The Balaban J connectivity index is 1.96. The first-order chi connectivity index (χ1) is 9.60. The van der Waals surface area contributed by atoms with Crippen LogP contribution in [0, 0.1) is 0 Å². The molecule has 0 bridgehead atoms. The maximum absolute atomic E-state index is 11.9. The van der Waals surface area contributed by atoms with Gasteiger partial charge in [-0.2, -0.15) is 0 Å². The molecule has 1 amide bonds. The van der Waals surface area contributed by atoms with Crippen molar-refractivity contribution < 1.29 is 9.32 Å². The summed E-state index contributed by atoms with van der Waals surface area (Å²) >= 11 is 7.24. The van der Waals surface area contributed by atoms with Crippen molar-refractivity contribution in [3.63, 3.8) is 0 Å². The summed E-state index contributed by atoms with van der Waals surface area (Å²) in [5.74, 6) is 0.305. The molecule has 0 spiro atoms. The topological polar surface area (TPSA) is 67.2 Å². The van der Waals surface area contributed by atoms with E-state index in [1.165, 1.54) is 11.3 Å². The van der Waals surface area contributed by atoms with Crippen LogP contribution in [0.4, 0.5) is 0 Å². The number of likely N-dealkylation sites (N-methyl/N-ethyl adjacent to an activating group) is 1. The number of amides is 1. The van der Waals surface area contributed by atoms with Crippen molar-refractivity contribution in [3.05, 3.63) is 28.2 Å². The van der Waals surface area contributed by atoms with Gasteiger partial charge in [0.15, 0.2) is 11.5 Å². The number of rotatable bonds is 6. The van der Waals surface area contributed by atoms with E-state index in [1.54, 1.807) is 12.1 Å². The summed E-state index contributed by atoms with van der Waals surface area (Å²) in [6.45, 7) is 5.43.